The summed E-state index contributed by atoms with van der Waals surface area (Å²) in [5.74, 6) is -0.725. The minimum absolute atomic E-state index is 0.320. The molecule has 1 amide bonds. The van der Waals surface area contributed by atoms with Gasteiger partial charge in [0.25, 0.3) is 0 Å². The SMILES string of the molecule is NC(=O)[C@@H](c1ccc(F)cc1)N1CCN(Cc2ccc(Cl)cc2)CC1. The highest BCUT2D eigenvalue weighted by molar-refractivity contribution is 6.30. The summed E-state index contributed by atoms with van der Waals surface area (Å²) < 4.78 is 13.1. The van der Waals surface area contributed by atoms with Crippen LogP contribution >= 0.6 is 11.6 Å². The number of amides is 1. The van der Waals surface area contributed by atoms with E-state index in [4.69, 9.17) is 17.3 Å². The molecule has 3 rings (SSSR count). The van der Waals surface area contributed by atoms with Gasteiger partial charge in [-0.1, -0.05) is 35.9 Å². The number of hydrogen-bond acceptors (Lipinski definition) is 3. The third-order valence-electron chi connectivity index (χ3n) is 4.55. The van der Waals surface area contributed by atoms with Crippen molar-refractivity contribution in [3.05, 3.63) is 70.5 Å². The molecule has 1 aliphatic rings. The van der Waals surface area contributed by atoms with Crippen molar-refractivity contribution in [2.75, 3.05) is 26.2 Å². The van der Waals surface area contributed by atoms with Crippen molar-refractivity contribution in [3.63, 3.8) is 0 Å². The van der Waals surface area contributed by atoms with Crippen LogP contribution in [-0.2, 0) is 11.3 Å². The van der Waals surface area contributed by atoms with Crippen molar-refractivity contribution in [3.8, 4) is 0 Å². The third-order valence-corrected chi connectivity index (χ3v) is 4.80. The van der Waals surface area contributed by atoms with E-state index in [1.165, 1.54) is 17.7 Å². The molecule has 1 saturated heterocycles. The molecule has 2 N–H and O–H groups in total. The number of piperazine rings is 1. The van der Waals surface area contributed by atoms with Crippen LogP contribution in [0.1, 0.15) is 17.2 Å². The summed E-state index contributed by atoms with van der Waals surface area (Å²) in [6.07, 6.45) is 0. The zero-order valence-corrected chi connectivity index (χ0v) is 14.6. The molecule has 2 aromatic rings. The standard InChI is InChI=1S/C19H21ClFN3O/c20-16-5-1-14(2-6-16)13-23-9-11-24(12-10-23)18(19(22)25)15-3-7-17(21)8-4-15/h1-8,18H,9-13H2,(H2,22,25)/t18-/m1/s1. The monoisotopic (exact) mass is 361 g/mol. The van der Waals surface area contributed by atoms with Gasteiger partial charge in [-0.3, -0.25) is 14.6 Å². The minimum Gasteiger partial charge on any atom is -0.368 e. The smallest absolute Gasteiger partial charge is 0.239 e. The first kappa shape index (κ1) is 17.9. The second-order valence-electron chi connectivity index (χ2n) is 6.30. The lowest BCUT2D eigenvalue weighted by Gasteiger charge is -2.38. The Hall–Kier alpha value is -1.95. The van der Waals surface area contributed by atoms with Crippen molar-refractivity contribution >= 4 is 17.5 Å². The second kappa shape index (κ2) is 7.95. The molecule has 2 aromatic carbocycles. The molecule has 4 nitrogen and oxygen atoms in total. The van der Waals surface area contributed by atoms with E-state index in [1.54, 1.807) is 12.1 Å². The van der Waals surface area contributed by atoms with Crippen LogP contribution in [0.15, 0.2) is 48.5 Å². The van der Waals surface area contributed by atoms with Gasteiger partial charge in [0.05, 0.1) is 0 Å². The largest absolute Gasteiger partial charge is 0.368 e. The molecule has 0 saturated carbocycles. The van der Waals surface area contributed by atoms with E-state index >= 15 is 0 Å². The fourth-order valence-electron chi connectivity index (χ4n) is 3.23. The lowest BCUT2D eigenvalue weighted by atomic mass is 10.0. The molecule has 1 heterocycles. The normalized spacial score (nSPS) is 17.4. The summed E-state index contributed by atoms with van der Waals surface area (Å²) in [7, 11) is 0. The van der Waals surface area contributed by atoms with Gasteiger partial charge in [0.15, 0.2) is 0 Å². The van der Waals surface area contributed by atoms with Crippen LogP contribution in [0.3, 0.4) is 0 Å². The highest BCUT2D eigenvalue weighted by atomic mass is 35.5. The predicted molar refractivity (Wildman–Crippen MR) is 96.6 cm³/mol. The van der Waals surface area contributed by atoms with Crippen LogP contribution in [0.25, 0.3) is 0 Å². The summed E-state index contributed by atoms with van der Waals surface area (Å²) in [6.45, 7) is 4.00. The van der Waals surface area contributed by atoms with Crippen molar-refractivity contribution in [1.82, 2.24) is 9.80 Å². The van der Waals surface area contributed by atoms with Crippen molar-refractivity contribution < 1.29 is 9.18 Å². The van der Waals surface area contributed by atoms with Gasteiger partial charge in [-0.25, -0.2) is 4.39 Å². The van der Waals surface area contributed by atoms with Crippen molar-refractivity contribution in [1.29, 1.82) is 0 Å². The molecule has 0 aromatic heterocycles. The quantitative estimate of drug-likeness (QED) is 0.891. The second-order valence-corrected chi connectivity index (χ2v) is 6.73. The Labute approximate surface area is 152 Å². The number of nitrogens with zero attached hydrogens (tertiary/aromatic N) is 2. The van der Waals surface area contributed by atoms with Gasteiger partial charge in [-0.05, 0) is 35.4 Å². The molecule has 1 atom stereocenters. The number of halogens is 2. The minimum atomic E-state index is -0.515. The van der Waals surface area contributed by atoms with Gasteiger partial charge in [0.2, 0.25) is 5.91 Å². The topological polar surface area (TPSA) is 49.6 Å². The van der Waals surface area contributed by atoms with Gasteiger partial charge in [-0.15, -0.1) is 0 Å². The third kappa shape index (κ3) is 4.57. The van der Waals surface area contributed by atoms with Crippen LogP contribution in [0.2, 0.25) is 5.02 Å². The Balaban J connectivity index is 1.62. The van der Waals surface area contributed by atoms with Crippen LogP contribution in [0.4, 0.5) is 4.39 Å². The molecule has 0 bridgehead atoms. The first-order valence-corrected chi connectivity index (χ1v) is 8.66. The van der Waals surface area contributed by atoms with Gasteiger partial charge >= 0.3 is 0 Å². The number of carbonyl (C=O) groups is 1. The van der Waals surface area contributed by atoms with Crippen LogP contribution < -0.4 is 5.73 Å². The summed E-state index contributed by atoms with van der Waals surface area (Å²) >= 11 is 5.92. The van der Waals surface area contributed by atoms with Crippen molar-refractivity contribution in [2.24, 2.45) is 5.73 Å². The fraction of sp³-hybridized carbons (Fsp3) is 0.316. The first-order valence-electron chi connectivity index (χ1n) is 8.28. The molecule has 6 heteroatoms. The van der Waals surface area contributed by atoms with E-state index < -0.39 is 11.9 Å². The van der Waals surface area contributed by atoms with E-state index in [0.29, 0.717) is 0 Å². The van der Waals surface area contributed by atoms with E-state index in [0.717, 1.165) is 43.3 Å². The molecule has 0 spiro atoms. The average Bonchev–Trinajstić information content (AvgIpc) is 2.60. The summed E-state index contributed by atoms with van der Waals surface area (Å²) in [5, 5.41) is 0.733. The highest BCUT2D eigenvalue weighted by Crippen LogP contribution is 2.23. The van der Waals surface area contributed by atoms with E-state index in [9.17, 15) is 9.18 Å². The van der Waals surface area contributed by atoms with Crippen LogP contribution in [0.5, 0.6) is 0 Å². The lowest BCUT2D eigenvalue weighted by Crippen LogP contribution is -2.49. The summed E-state index contributed by atoms with van der Waals surface area (Å²) in [6, 6.07) is 13.3. The zero-order valence-electron chi connectivity index (χ0n) is 13.9. The molecule has 0 aliphatic carbocycles. The van der Waals surface area contributed by atoms with Crippen LogP contribution in [-0.4, -0.2) is 41.9 Å². The van der Waals surface area contributed by atoms with Gasteiger partial charge in [0, 0.05) is 37.7 Å². The number of carbonyl (C=O) groups excluding carboxylic acids is 1. The van der Waals surface area contributed by atoms with E-state index in [2.05, 4.69) is 9.80 Å². The summed E-state index contributed by atoms with van der Waals surface area (Å²) in [5.41, 5.74) is 7.56. The van der Waals surface area contributed by atoms with Crippen molar-refractivity contribution in [2.45, 2.75) is 12.6 Å². The molecule has 132 valence electrons. The Morgan fingerprint density at radius 2 is 1.64 bits per heavy atom. The number of benzene rings is 2. The van der Waals surface area contributed by atoms with E-state index in [-0.39, 0.29) is 5.82 Å². The number of nitrogens with two attached hydrogens (primary N) is 1. The maximum atomic E-state index is 13.1. The Kier molecular flexibility index (Phi) is 5.68. The van der Waals surface area contributed by atoms with Gasteiger partial charge < -0.3 is 5.73 Å². The van der Waals surface area contributed by atoms with Gasteiger partial charge in [0.1, 0.15) is 11.9 Å². The molecule has 1 fully saturated rings. The highest BCUT2D eigenvalue weighted by Gasteiger charge is 2.28. The Morgan fingerprint density at radius 1 is 1.04 bits per heavy atom. The molecular weight excluding hydrogens is 341 g/mol. The Morgan fingerprint density at radius 3 is 2.20 bits per heavy atom. The fourth-order valence-corrected chi connectivity index (χ4v) is 3.35. The molecule has 25 heavy (non-hydrogen) atoms. The molecule has 0 unspecified atom stereocenters. The first-order chi connectivity index (χ1) is 12.0. The summed E-state index contributed by atoms with van der Waals surface area (Å²) in [4.78, 5) is 16.3. The average molecular weight is 362 g/mol. The molecule has 0 radical (unpaired) electrons. The van der Waals surface area contributed by atoms with Crippen LogP contribution in [0, 0.1) is 5.82 Å². The van der Waals surface area contributed by atoms with E-state index in [1.807, 2.05) is 24.3 Å². The zero-order chi connectivity index (χ0) is 17.8. The maximum absolute atomic E-state index is 13.1. The predicted octanol–water partition coefficient (Wildman–Crippen LogP) is 2.82. The Bertz CT molecular complexity index is 712. The molecular formula is C19H21ClFN3O. The number of rotatable bonds is 5. The lowest BCUT2D eigenvalue weighted by molar-refractivity contribution is -0.124. The number of hydrogen-bond donors (Lipinski definition) is 1. The van der Waals surface area contributed by atoms with Gasteiger partial charge in [-0.2, -0.15) is 0 Å². The molecule has 1 aliphatic heterocycles. The number of primary amides is 1. The maximum Gasteiger partial charge on any atom is 0.239 e.